The normalized spacial score (nSPS) is 13.2. The molecule has 3 N–H and O–H groups in total. The maximum absolute atomic E-state index is 12.2. The van der Waals surface area contributed by atoms with E-state index in [1.807, 2.05) is 6.07 Å². The molecule has 12 heteroatoms. The third kappa shape index (κ3) is 10.8. The Morgan fingerprint density at radius 1 is 0.872 bits per heavy atom. The second-order valence-electron chi connectivity index (χ2n) is 8.20. The molecule has 0 aromatic heterocycles. The van der Waals surface area contributed by atoms with Gasteiger partial charge in [-0.2, -0.15) is 0 Å². The van der Waals surface area contributed by atoms with E-state index in [1.54, 1.807) is 12.1 Å². The Morgan fingerprint density at radius 3 is 1.92 bits per heavy atom. The van der Waals surface area contributed by atoms with Crippen molar-refractivity contribution < 1.29 is 43.5 Å². The first-order chi connectivity index (χ1) is 18.8. The van der Waals surface area contributed by atoms with E-state index in [1.165, 1.54) is 27.0 Å². The van der Waals surface area contributed by atoms with E-state index < -0.39 is 18.0 Å². The third-order valence-corrected chi connectivity index (χ3v) is 5.63. The zero-order valence-electron chi connectivity index (χ0n) is 22.3. The molecule has 0 bridgehead atoms. The minimum atomic E-state index is -1.26. The summed E-state index contributed by atoms with van der Waals surface area (Å²) in [4.78, 5) is 36.1. The van der Waals surface area contributed by atoms with Gasteiger partial charge in [-0.15, -0.1) is 0 Å². The second kappa shape index (κ2) is 16.4. The topological polar surface area (TPSA) is 147 Å². The lowest BCUT2D eigenvalue weighted by Crippen LogP contribution is -2.46. The fourth-order valence-electron chi connectivity index (χ4n) is 3.77. The first kappa shape index (κ1) is 30.8. The van der Waals surface area contributed by atoms with E-state index in [2.05, 4.69) is 39.4 Å². The fourth-order valence-corrected chi connectivity index (χ4v) is 3.77. The van der Waals surface area contributed by atoms with Crippen molar-refractivity contribution in [1.82, 2.24) is 4.90 Å². The smallest absolute Gasteiger partial charge is 0.411 e. The summed E-state index contributed by atoms with van der Waals surface area (Å²) in [5.41, 5.74) is 1.78. The van der Waals surface area contributed by atoms with Crippen LogP contribution in [0.5, 0.6) is 17.2 Å². The average Bonchev–Trinajstić information content (AvgIpc) is 2.94. The molecule has 12 nitrogen and oxygen atoms in total. The van der Waals surface area contributed by atoms with E-state index in [9.17, 15) is 14.4 Å². The molecular weight excluding hydrogens is 510 g/mol. The molecule has 3 rings (SSSR count). The maximum Gasteiger partial charge on any atom is 0.411 e. The standard InChI is InChI=1S/C23H31N3O5.C4H4O4/c1-28-20-16-18(17-21(29-2)22(20)30-3)24-23(27)31-15-7-10-25-11-13-26(14-12-25)19-8-5-4-6-9-19;5-3(6)1-2-4(7)8/h4-6,8-9,16-17H,7,10-15H2,1-3H3,(H,24,27);1-2H,(H,5,6)(H,7,8)/b;2-1-. The highest BCUT2D eigenvalue weighted by atomic mass is 16.5. The SMILES string of the molecule is COc1cc(NC(=O)OCCCN2CCN(c3ccccc3)CC2)cc(OC)c1OC.O=C(O)/C=C\C(=O)O. The van der Waals surface area contributed by atoms with E-state index in [-0.39, 0.29) is 0 Å². The Kier molecular flexibility index (Phi) is 12.9. The van der Waals surface area contributed by atoms with Gasteiger partial charge in [0.25, 0.3) is 0 Å². The first-order valence-electron chi connectivity index (χ1n) is 12.2. The van der Waals surface area contributed by atoms with Crippen molar-refractivity contribution in [1.29, 1.82) is 0 Å². The van der Waals surface area contributed by atoms with E-state index in [4.69, 9.17) is 29.2 Å². The highest BCUT2D eigenvalue weighted by molar-refractivity contribution is 5.89. The van der Waals surface area contributed by atoms with Crippen LogP contribution in [-0.4, -0.2) is 93.8 Å². The summed E-state index contributed by atoms with van der Waals surface area (Å²) >= 11 is 0. The molecule has 2 aromatic rings. The van der Waals surface area contributed by atoms with Crippen molar-refractivity contribution in [3.63, 3.8) is 0 Å². The van der Waals surface area contributed by atoms with Gasteiger partial charge < -0.3 is 34.1 Å². The quantitative estimate of drug-likeness (QED) is 0.282. The molecule has 1 aliphatic rings. The predicted molar refractivity (Wildman–Crippen MR) is 145 cm³/mol. The molecule has 0 aliphatic carbocycles. The van der Waals surface area contributed by atoms with Gasteiger partial charge in [-0.05, 0) is 18.6 Å². The van der Waals surface area contributed by atoms with Crippen molar-refractivity contribution in [3.8, 4) is 17.2 Å². The van der Waals surface area contributed by atoms with Gasteiger partial charge in [-0.3, -0.25) is 10.2 Å². The highest BCUT2D eigenvalue weighted by Gasteiger charge is 2.17. The first-order valence-corrected chi connectivity index (χ1v) is 12.2. The summed E-state index contributed by atoms with van der Waals surface area (Å²) in [6.07, 6.45) is 1.39. The van der Waals surface area contributed by atoms with Gasteiger partial charge in [-0.25, -0.2) is 14.4 Å². The van der Waals surface area contributed by atoms with Crippen LogP contribution in [0.15, 0.2) is 54.6 Å². The number of carbonyl (C=O) groups excluding carboxylic acids is 1. The third-order valence-electron chi connectivity index (χ3n) is 5.63. The number of piperazine rings is 1. The van der Waals surface area contributed by atoms with Gasteiger partial charge in [0.05, 0.1) is 33.6 Å². The summed E-state index contributed by atoms with van der Waals surface area (Å²) in [6, 6.07) is 13.8. The van der Waals surface area contributed by atoms with Crippen molar-refractivity contribution in [2.75, 3.05) is 70.9 Å². The van der Waals surface area contributed by atoms with Gasteiger partial charge in [0.1, 0.15) is 0 Å². The number of para-hydroxylation sites is 1. The molecular formula is C27H35N3O9. The van der Waals surface area contributed by atoms with Crippen LogP contribution in [0.1, 0.15) is 6.42 Å². The molecule has 1 aliphatic heterocycles. The Balaban J connectivity index is 0.000000580. The van der Waals surface area contributed by atoms with Crippen LogP contribution < -0.4 is 24.4 Å². The van der Waals surface area contributed by atoms with E-state index in [0.29, 0.717) is 41.7 Å². The monoisotopic (exact) mass is 545 g/mol. The Morgan fingerprint density at radius 2 is 1.44 bits per heavy atom. The molecule has 0 unspecified atom stereocenters. The molecule has 1 fully saturated rings. The molecule has 1 amide bonds. The minimum Gasteiger partial charge on any atom is -0.493 e. The molecule has 0 spiro atoms. The van der Waals surface area contributed by atoms with Crippen molar-refractivity contribution in [2.45, 2.75) is 6.42 Å². The molecule has 0 radical (unpaired) electrons. The fraction of sp³-hybridized carbons (Fsp3) is 0.370. The van der Waals surface area contributed by atoms with Crippen LogP contribution in [0.3, 0.4) is 0 Å². The van der Waals surface area contributed by atoms with Crippen molar-refractivity contribution in [2.24, 2.45) is 0 Å². The predicted octanol–water partition coefficient (Wildman–Crippen LogP) is 3.19. The number of nitrogens with one attached hydrogen (secondary N) is 1. The van der Waals surface area contributed by atoms with Crippen LogP contribution in [0, 0.1) is 0 Å². The molecule has 0 atom stereocenters. The number of anilines is 2. The lowest BCUT2D eigenvalue weighted by molar-refractivity contribution is -0.134. The highest BCUT2D eigenvalue weighted by Crippen LogP contribution is 2.39. The summed E-state index contributed by atoms with van der Waals surface area (Å²) in [7, 11) is 4.58. The van der Waals surface area contributed by atoms with Crippen LogP contribution in [-0.2, 0) is 14.3 Å². The van der Waals surface area contributed by atoms with Crippen molar-refractivity contribution in [3.05, 3.63) is 54.6 Å². The van der Waals surface area contributed by atoms with Gasteiger partial charge in [0.15, 0.2) is 11.5 Å². The Labute approximate surface area is 227 Å². The number of ether oxygens (including phenoxy) is 4. The minimum absolute atomic E-state index is 0.356. The molecule has 2 aromatic carbocycles. The van der Waals surface area contributed by atoms with Gasteiger partial charge >= 0.3 is 18.0 Å². The number of methoxy groups -OCH3 is 3. The zero-order chi connectivity index (χ0) is 28.6. The average molecular weight is 546 g/mol. The molecule has 1 saturated heterocycles. The number of carbonyl (C=O) groups is 3. The van der Waals surface area contributed by atoms with Crippen LogP contribution >= 0.6 is 0 Å². The lowest BCUT2D eigenvalue weighted by Gasteiger charge is -2.36. The molecule has 212 valence electrons. The number of nitrogens with zero attached hydrogens (tertiary/aromatic N) is 2. The van der Waals surface area contributed by atoms with Crippen LogP contribution in [0.2, 0.25) is 0 Å². The number of amides is 1. The summed E-state index contributed by atoms with van der Waals surface area (Å²) in [5.74, 6) is -1.12. The van der Waals surface area contributed by atoms with Gasteiger partial charge in [0.2, 0.25) is 5.75 Å². The largest absolute Gasteiger partial charge is 0.493 e. The molecule has 0 saturated carbocycles. The lowest BCUT2D eigenvalue weighted by atomic mass is 10.2. The number of carboxylic acid groups (broad SMARTS) is 2. The number of benzene rings is 2. The second-order valence-corrected chi connectivity index (χ2v) is 8.20. The summed E-state index contributed by atoms with van der Waals surface area (Å²) < 4.78 is 21.2. The number of carboxylic acids is 2. The number of hydrogen-bond donors (Lipinski definition) is 3. The number of rotatable bonds is 11. The van der Waals surface area contributed by atoms with Crippen molar-refractivity contribution >= 4 is 29.4 Å². The van der Waals surface area contributed by atoms with Crippen LogP contribution in [0.25, 0.3) is 0 Å². The van der Waals surface area contributed by atoms with E-state index in [0.717, 1.165) is 39.1 Å². The maximum atomic E-state index is 12.2. The zero-order valence-corrected chi connectivity index (χ0v) is 22.3. The Hall–Kier alpha value is -4.45. The van der Waals surface area contributed by atoms with Gasteiger partial charge in [-0.1, -0.05) is 18.2 Å². The van der Waals surface area contributed by atoms with Crippen LogP contribution in [0.4, 0.5) is 16.2 Å². The summed E-state index contributed by atoms with van der Waals surface area (Å²) in [5, 5.41) is 18.3. The number of aliphatic carboxylic acids is 2. The molecule has 39 heavy (non-hydrogen) atoms. The summed E-state index contributed by atoms with van der Waals surface area (Å²) in [6.45, 7) is 5.29. The molecule has 1 heterocycles. The van der Waals surface area contributed by atoms with Gasteiger partial charge in [0, 0.05) is 62.7 Å². The number of hydrogen-bond acceptors (Lipinski definition) is 9. The van der Waals surface area contributed by atoms with E-state index >= 15 is 0 Å². The Bertz CT molecular complexity index is 1060.